The lowest BCUT2D eigenvalue weighted by Crippen LogP contribution is -2.21. The van der Waals surface area contributed by atoms with Gasteiger partial charge >= 0.3 is 18.5 Å². The van der Waals surface area contributed by atoms with E-state index in [4.69, 9.17) is 10.5 Å². The Balaban J connectivity index is 1.68. The van der Waals surface area contributed by atoms with Crippen LogP contribution in [0.1, 0.15) is 71.5 Å². The first-order valence-electron chi connectivity index (χ1n) is 13.2. The molecule has 0 spiro atoms. The number of nitrogen functional groups attached to an aromatic ring is 1. The zero-order chi connectivity index (χ0) is 30.7. The summed E-state index contributed by atoms with van der Waals surface area (Å²) in [6, 6.07) is 3.02. The second-order valence-electron chi connectivity index (χ2n) is 10.4. The van der Waals surface area contributed by atoms with Gasteiger partial charge in [0.05, 0.1) is 29.3 Å². The van der Waals surface area contributed by atoms with E-state index < -0.39 is 47.7 Å². The van der Waals surface area contributed by atoms with E-state index >= 15 is 0 Å². The van der Waals surface area contributed by atoms with Gasteiger partial charge in [-0.25, -0.2) is 0 Å². The van der Waals surface area contributed by atoms with Crippen molar-refractivity contribution in [3.63, 3.8) is 0 Å². The third-order valence-electron chi connectivity index (χ3n) is 7.21. The maximum atomic E-state index is 13.6. The Morgan fingerprint density at radius 1 is 0.786 bits per heavy atom. The fraction of sp³-hybridized carbons (Fsp3) is 0.519. The molecule has 0 radical (unpaired) electrons. The Morgan fingerprint density at radius 2 is 1.40 bits per heavy atom. The van der Waals surface area contributed by atoms with Gasteiger partial charge in [-0.3, -0.25) is 0 Å². The largest absolute Gasteiger partial charge is 0.416 e. The molecule has 0 saturated heterocycles. The van der Waals surface area contributed by atoms with Gasteiger partial charge in [0.1, 0.15) is 0 Å². The standard InChI is InChI=1S/C27H28F9N5O/c28-25(29,30)20-7-6-18(15-42-14-16-4-2-1-3-5-16)19(11-20)12-23(41-39-24(37)38-40-41)10-17-8-21(26(31,32)33)13-22(9-17)27(34,35)36/h6-9,11,13,16,23H,1-5,10,12,14-15H2,(H2,37,39)/t23-/m1/s1. The highest BCUT2D eigenvalue weighted by molar-refractivity contribution is 5.36. The second kappa shape index (κ2) is 12.5. The second-order valence-corrected chi connectivity index (χ2v) is 10.4. The number of nitrogens with zero attached hydrogens (tertiary/aromatic N) is 4. The average molecular weight is 610 g/mol. The number of rotatable bonds is 9. The van der Waals surface area contributed by atoms with Crippen LogP contribution < -0.4 is 5.73 Å². The van der Waals surface area contributed by atoms with Crippen molar-refractivity contribution >= 4 is 5.95 Å². The zero-order valence-electron chi connectivity index (χ0n) is 22.2. The van der Waals surface area contributed by atoms with Crippen LogP contribution in [0.2, 0.25) is 0 Å². The lowest BCUT2D eigenvalue weighted by molar-refractivity contribution is -0.143. The minimum atomic E-state index is -5.08. The van der Waals surface area contributed by atoms with Gasteiger partial charge in [-0.15, -0.1) is 5.10 Å². The van der Waals surface area contributed by atoms with E-state index in [1.54, 1.807) is 0 Å². The van der Waals surface area contributed by atoms with Crippen molar-refractivity contribution in [1.82, 2.24) is 20.2 Å². The highest BCUT2D eigenvalue weighted by atomic mass is 19.4. The maximum absolute atomic E-state index is 13.6. The Bertz CT molecular complexity index is 1310. The van der Waals surface area contributed by atoms with Crippen molar-refractivity contribution in [3.8, 4) is 0 Å². The summed E-state index contributed by atoms with van der Waals surface area (Å²) in [5.41, 5.74) is 1.66. The molecule has 0 unspecified atom stereocenters. The summed E-state index contributed by atoms with van der Waals surface area (Å²) >= 11 is 0. The molecule has 1 atom stereocenters. The number of alkyl halides is 9. The van der Waals surface area contributed by atoms with Gasteiger partial charge in [-0.1, -0.05) is 30.4 Å². The monoisotopic (exact) mass is 609 g/mol. The Hall–Kier alpha value is -3.36. The van der Waals surface area contributed by atoms with E-state index in [2.05, 4.69) is 15.4 Å². The zero-order valence-corrected chi connectivity index (χ0v) is 22.2. The minimum Gasteiger partial charge on any atom is -0.376 e. The van der Waals surface area contributed by atoms with Crippen LogP contribution in [0.25, 0.3) is 0 Å². The van der Waals surface area contributed by atoms with E-state index in [1.165, 1.54) is 6.07 Å². The third-order valence-corrected chi connectivity index (χ3v) is 7.21. The Morgan fingerprint density at radius 3 is 1.95 bits per heavy atom. The molecule has 1 saturated carbocycles. The molecule has 1 fully saturated rings. The number of hydrogen-bond acceptors (Lipinski definition) is 5. The molecule has 4 rings (SSSR count). The number of anilines is 1. The predicted molar refractivity (Wildman–Crippen MR) is 133 cm³/mol. The van der Waals surface area contributed by atoms with E-state index in [-0.39, 0.29) is 36.2 Å². The molecule has 42 heavy (non-hydrogen) atoms. The van der Waals surface area contributed by atoms with Gasteiger partial charge in [0.2, 0.25) is 0 Å². The van der Waals surface area contributed by atoms with E-state index in [0.717, 1.165) is 49.0 Å². The fourth-order valence-electron chi connectivity index (χ4n) is 5.11. The summed E-state index contributed by atoms with van der Waals surface area (Å²) < 4.78 is 127. The van der Waals surface area contributed by atoms with Crippen LogP contribution in [0.3, 0.4) is 0 Å². The number of benzene rings is 2. The van der Waals surface area contributed by atoms with Crippen molar-refractivity contribution in [2.24, 2.45) is 5.92 Å². The fourth-order valence-corrected chi connectivity index (χ4v) is 5.11. The van der Waals surface area contributed by atoms with Crippen molar-refractivity contribution in [2.75, 3.05) is 12.3 Å². The van der Waals surface area contributed by atoms with Crippen LogP contribution in [0, 0.1) is 5.92 Å². The van der Waals surface area contributed by atoms with Crippen LogP contribution in [-0.2, 0) is 42.7 Å². The van der Waals surface area contributed by atoms with Crippen molar-refractivity contribution < 1.29 is 44.3 Å². The Kier molecular flexibility index (Phi) is 9.38. The highest BCUT2D eigenvalue weighted by Crippen LogP contribution is 2.38. The first-order valence-corrected chi connectivity index (χ1v) is 13.2. The molecular formula is C27H28F9N5O. The van der Waals surface area contributed by atoms with Gasteiger partial charge in [-0.05, 0) is 83.8 Å². The van der Waals surface area contributed by atoms with Gasteiger partial charge in [-0.2, -0.15) is 44.3 Å². The number of aromatic nitrogens is 4. The molecular weight excluding hydrogens is 581 g/mol. The average Bonchev–Trinajstić information content (AvgIpc) is 3.34. The summed E-state index contributed by atoms with van der Waals surface area (Å²) in [5, 5.41) is 11.1. The van der Waals surface area contributed by atoms with Gasteiger partial charge in [0.25, 0.3) is 5.95 Å². The molecule has 1 aromatic heterocycles. The minimum absolute atomic E-state index is 0.00122. The number of hydrogen-bond donors (Lipinski definition) is 1. The van der Waals surface area contributed by atoms with Crippen LogP contribution in [0.4, 0.5) is 45.5 Å². The lowest BCUT2D eigenvalue weighted by Gasteiger charge is -2.23. The molecule has 0 amide bonds. The quantitative estimate of drug-likeness (QED) is 0.255. The van der Waals surface area contributed by atoms with E-state index in [1.807, 2.05) is 0 Å². The van der Waals surface area contributed by atoms with Crippen molar-refractivity contribution in [2.45, 2.75) is 76.1 Å². The third kappa shape index (κ3) is 8.35. The molecule has 6 nitrogen and oxygen atoms in total. The summed E-state index contributed by atoms with van der Waals surface area (Å²) in [6.07, 6.45) is -10.4. The highest BCUT2D eigenvalue weighted by Gasteiger charge is 2.37. The van der Waals surface area contributed by atoms with E-state index in [9.17, 15) is 39.5 Å². The predicted octanol–water partition coefficient (Wildman–Crippen LogP) is 7.44. The molecule has 1 aliphatic carbocycles. The molecule has 3 aromatic rings. The molecule has 0 aliphatic heterocycles. The first-order chi connectivity index (χ1) is 19.6. The van der Waals surface area contributed by atoms with Gasteiger partial charge in [0.15, 0.2) is 0 Å². The SMILES string of the molecule is Nc1nnn([C@H](Cc2cc(C(F)(F)F)cc(C(F)(F)F)c2)Cc2cc(C(F)(F)F)ccc2COCC2CCCCC2)n1. The maximum Gasteiger partial charge on any atom is 0.416 e. The number of halogens is 9. The molecule has 2 aromatic carbocycles. The molecule has 15 heteroatoms. The van der Waals surface area contributed by atoms with Crippen molar-refractivity contribution in [1.29, 1.82) is 0 Å². The molecule has 2 N–H and O–H groups in total. The number of nitrogens with two attached hydrogens (primary N) is 1. The topological polar surface area (TPSA) is 78.8 Å². The van der Waals surface area contributed by atoms with Crippen LogP contribution >= 0.6 is 0 Å². The molecule has 230 valence electrons. The smallest absolute Gasteiger partial charge is 0.376 e. The van der Waals surface area contributed by atoms with Gasteiger partial charge < -0.3 is 10.5 Å². The lowest BCUT2D eigenvalue weighted by atomic mass is 9.90. The normalized spacial score (nSPS) is 16.1. The molecule has 1 aliphatic rings. The van der Waals surface area contributed by atoms with Crippen molar-refractivity contribution in [3.05, 3.63) is 69.8 Å². The number of tetrazole rings is 1. The first kappa shape index (κ1) is 31.6. The van der Waals surface area contributed by atoms with Crippen LogP contribution in [-0.4, -0.2) is 26.8 Å². The summed E-state index contributed by atoms with van der Waals surface area (Å²) in [5.74, 6) is -0.00411. The Labute approximate surface area is 235 Å². The molecule has 1 heterocycles. The number of ether oxygens (including phenoxy) is 1. The van der Waals surface area contributed by atoms with Crippen LogP contribution in [0.15, 0.2) is 36.4 Å². The van der Waals surface area contributed by atoms with Gasteiger partial charge in [0, 0.05) is 6.61 Å². The molecule has 0 bridgehead atoms. The summed E-state index contributed by atoms with van der Waals surface area (Å²) in [4.78, 5) is 0.885. The summed E-state index contributed by atoms with van der Waals surface area (Å²) in [7, 11) is 0. The van der Waals surface area contributed by atoms with Crippen LogP contribution in [0.5, 0.6) is 0 Å². The van der Waals surface area contributed by atoms with E-state index in [0.29, 0.717) is 30.2 Å². The summed E-state index contributed by atoms with van der Waals surface area (Å²) in [6.45, 7) is 0.376.